The van der Waals surface area contributed by atoms with Crippen LogP contribution in [0.3, 0.4) is 0 Å². The Morgan fingerprint density at radius 3 is 2.57 bits per heavy atom. The molecule has 0 aliphatic carbocycles. The number of primary amides is 1. The summed E-state index contributed by atoms with van der Waals surface area (Å²) in [5, 5.41) is 11.6. The van der Waals surface area contributed by atoms with Gasteiger partial charge in [-0.1, -0.05) is 6.07 Å². The summed E-state index contributed by atoms with van der Waals surface area (Å²) in [6.07, 6.45) is 0.639. The molecule has 1 aliphatic rings. The number of carbonyl (C=O) groups excluding carboxylic acids is 2. The number of aromatic carboxylic acids is 1. The Balaban J connectivity index is 2.26. The zero-order valence-corrected chi connectivity index (χ0v) is 11.8. The predicted molar refractivity (Wildman–Crippen MR) is 76.3 cm³/mol. The van der Waals surface area contributed by atoms with Gasteiger partial charge in [-0.15, -0.1) is 0 Å². The highest BCUT2D eigenvalue weighted by molar-refractivity contribution is 5.99. The normalized spacial score (nSPS) is 13.7. The maximum Gasteiger partial charge on any atom is 0.335 e. The van der Waals surface area contributed by atoms with E-state index in [4.69, 9.17) is 10.8 Å². The average Bonchev–Trinajstić information content (AvgIpc) is 2.80. The van der Waals surface area contributed by atoms with E-state index in [1.807, 2.05) is 0 Å². The van der Waals surface area contributed by atoms with Gasteiger partial charge in [0.05, 0.1) is 5.56 Å². The first kappa shape index (κ1) is 14.8. The summed E-state index contributed by atoms with van der Waals surface area (Å²) < 4.78 is 0. The van der Waals surface area contributed by atoms with E-state index in [9.17, 15) is 14.4 Å². The van der Waals surface area contributed by atoms with Crippen LogP contribution in [0.2, 0.25) is 0 Å². The van der Waals surface area contributed by atoms with E-state index in [1.165, 1.54) is 30.9 Å². The molecule has 112 valence electrons. The number of urea groups is 1. The Bertz CT molecular complexity index is 625. The molecule has 1 heterocycles. The van der Waals surface area contributed by atoms with Crippen molar-refractivity contribution in [1.29, 1.82) is 0 Å². The van der Waals surface area contributed by atoms with Crippen LogP contribution in [0.5, 0.6) is 0 Å². The Hall–Kier alpha value is -2.57. The van der Waals surface area contributed by atoms with Gasteiger partial charge in [0.25, 0.3) is 0 Å². The molecule has 0 aromatic heterocycles. The number of amides is 3. The number of anilines is 1. The van der Waals surface area contributed by atoms with Crippen molar-refractivity contribution in [2.24, 2.45) is 5.73 Å². The summed E-state index contributed by atoms with van der Waals surface area (Å²) >= 11 is 0. The van der Waals surface area contributed by atoms with Crippen molar-refractivity contribution < 1.29 is 19.5 Å². The number of fused-ring (bicyclic) bond motifs is 1. The highest BCUT2D eigenvalue weighted by Gasteiger charge is 2.32. The summed E-state index contributed by atoms with van der Waals surface area (Å²) in [7, 11) is 0. The van der Waals surface area contributed by atoms with E-state index in [-0.39, 0.29) is 5.56 Å². The third-order valence-electron chi connectivity index (χ3n) is 3.51. The number of carbonyl (C=O) groups is 3. The lowest BCUT2D eigenvalue weighted by Crippen LogP contribution is -2.56. The largest absolute Gasteiger partial charge is 0.478 e. The Morgan fingerprint density at radius 2 is 2.00 bits per heavy atom. The van der Waals surface area contributed by atoms with E-state index in [0.717, 1.165) is 5.56 Å². The van der Waals surface area contributed by atoms with Gasteiger partial charge in [-0.3, -0.25) is 9.69 Å². The zero-order valence-electron chi connectivity index (χ0n) is 11.8. The first-order chi connectivity index (χ1) is 9.72. The highest BCUT2D eigenvalue weighted by atomic mass is 16.4. The third kappa shape index (κ3) is 2.81. The highest BCUT2D eigenvalue weighted by Crippen LogP contribution is 2.29. The van der Waals surface area contributed by atoms with E-state index in [1.54, 1.807) is 6.07 Å². The van der Waals surface area contributed by atoms with Crippen LogP contribution in [0, 0.1) is 0 Å². The number of rotatable bonds is 3. The standard InChI is InChI=1S/C14H17N3O4/c1-14(2,12(15)20)16-13(21)17-6-5-8-3-4-9(11(18)19)7-10(8)17/h3-4,7H,5-6H2,1-2H3,(H2,15,20)(H,16,21)(H,18,19). The molecular formula is C14H17N3O4. The van der Waals surface area contributed by atoms with Crippen molar-refractivity contribution in [1.82, 2.24) is 5.32 Å². The second-order valence-corrected chi connectivity index (χ2v) is 5.47. The van der Waals surface area contributed by atoms with Gasteiger partial charge in [-0.25, -0.2) is 9.59 Å². The number of carboxylic acid groups (broad SMARTS) is 1. The van der Waals surface area contributed by atoms with Gasteiger partial charge < -0.3 is 16.2 Å². The Morgan fingerprint density at radius 1 is 1.33 bits per heavy atom. The van der Waals surface area contributed by atoms with Crippen LogP contribution in [0.25, 0.3) is 0 Å². The van der Waals surface area contributed by atoms with Crippen molar-refractivity contribution in [2.45, 2.75) is 25.8 Å². The SMILES string of the molecule is CC(C)(NC(=O)N1CCc2ccc(C(=O)O)cc21)C(N)=O. The molecule has 0 spiro atoms. The number of nitrogens with one attached hydrogen (secondary N) is 1. The smallest absolute Gasteiger partial charge is 0.335 e. The molecular weight excluding hydrogens is 274 g/mol. The van der Waals surface area contributed by atoms with Gasteiger partial charge in [0.1, 0.15) is 5.54 Å². The van der Waals surface area contributed by atoms with Crippen LogP contribution >= 0.6 is 0 Å². The van der Waals surface area contributed by atoms with E-state index in [2.05, 4.69) is 5.32 Å². The fourth-order valence-electron chi connectivity index (χ4n) is 2.12. The fraction of sp³-hybridized carbons (Fsp3) is 0.357. The molecule has 7 heteroatoms. The van der Waals surface area contributed by atoms with Crippen LogP contribution < -0.4 is 16.0 Å². The lowest BCUT2D eigenvalue weighted by Gasteiger charge is -2.26. The van der Waals surface area contributed by atoms with Crippen LogP contribution in [0.1, 0.15) is 29.8 Å². The monoisotopic (exact) mass is 291 g/mol. The van der Waals surface area contributed by atoms with Crippen LogP contribution in [-0.4, -0.2) is 35.1 Å². The van der Waals surface area contributed by atoms with Crippen molar-refractivity contribution in [3.05, 3.63) is 29.3 Å². The molecule has 0 radical (unpaired) electrons. The van der Waals surface area contributed by atoms with Crippen molar-refractivity contribution in [2.75, 3.05) is 11.4 Å². The van der Waals surface area contributed by atoms with Crippen LogP contribution in [0.15, 0.2) is 18.2 Å². The molecule has 7 nitrogen and oxygen atoms in total. The molecule has 0 unspecified atom stereocenters. The molecule has 21 heavy (non-hydrogen) atoms. The van der Waals surface area contributed by atoms with Gasteiger partial charge in [-0.05, 0) is 38.0 Å². The van der Waals surface area contributed by atoms with Gasteiger partial charge in [0.15, 0.2) is 0 Å². The molecule has 1 aromatic carbocycles. The molecule has 1 aromatic rings. The molecule has 4 N–H and O–H groups in total. The van der Waals surface area contributed by atoms with Gasteiger partial charge >= 0.3 is 12.0 Å². The van der Waals surface area contributed by atoms with Crippen molar-refractivity contribution in [3.63, 3.8) is 0 Å². The molecule has 3 amide bonds. The summed E-state index contributed by atoms with van der Waals surface area (Å²) in [6, 6.07) is 4.20. The third-order valence-corrected chi connectivity index (χ3v) is 3.51. The molecule has 0 bridgehead atoms. The minimum atomic E-state index is -1.18. The second kappa shape index (κ2) is 5.08. The van der Waals surface area contributed by atoms with Gasteiger partial charge in [0.2, 0.25) is 5.91 Å². The molecule has 0 fully saturated rings. The predicted octanol–water partition coefficient (Wildman–Crippen LogP) is 0.721. The maximum absolute atomic E-state index is 12.3. The first-order valence-electron chi connectivity index (χ1n) is 6.48. The van der Waals surface area contributed by atoms with Gasteiger partial charge in [-0.2, -0.15) is 0 Å². The van der Waals surface area contributed by atoms with Crippen LogP contribution in [-0.2, 0) is 11.2 Å². The average molecular weight is 291 g/mol. The quantitative estimate of drug-likeness (QED) is 0.761. The summed E-state index contributed by atoms with van der Waals surface area (Å²) in [4.78, 5) is 36.0. The maximum atomic E-state index is 12.3. The molecule has 0 atom stereocenters. The molecule has 2 rings (SSSR count). The number of hydrogen-bond donors (Lipinski definition) is 3. The van der Waals surface area contributed by atoms with E-state index >= 15 is 0 Å². The second-order valence-electron chi connectivity index (χ2n) is 5.47. The Labute approximate surface area is 121 Å². The van der Waals surface area contributed by atoms with E-state index in [0.29, 0.717) is 18.7 Å². The summed E-state index contributed by atoms with van der Waals surface area (Å²) in [5.74, 6) is -1.70. The number of nitrogens with zero attached hydrogens (tertiary/aromatic N) is 1. The topological polar surface area (TPSA) is 113 Å². The fourth-order valence-corrected chi connectivity index (χ4v) is 2.12. The minimum Gasteiger partial charge on any atom is -0.478 e. The van der Waals surface area contributed by atoms with Gasteiger partial charge in [0, 0.05) is 12.2 Å². The number of hydrogen-bond acceptors (Lipinski definition) is 3. The summed E-state index contributed by atoms with van der Waals surface area (Å²) in [6.45, 7) is 3.45. The zero-order chi connectivity index (χ0) is 15.8. The first-order valence-corrected chi connectivity index (χ1v) is 6.48. The van der Waals surface area contributed by atoms with Crippen molar-refractivity contribution >= 4 is 23.6 Å². The molecule has 0 saturated heterocycles. The van der Waals surface area contributed by atoms with Crippen LogP contribution in [0.4, 0.5) is 10.5 Å². The number of benzene rings is 1. The number of nitrogens with two attached hydrogens (primary N) is 1. The van der Waals surface area contributed by atoms with E-state index < -0.39 is 23.4 Å². The minimum absolute atomic E-state index is 0.114. The number of carboxylic acids is 1. The Kier molecular flexibility index (Phi) is 3.59. The van der Waals surface area contributed by atoms with Crippen molar-refractivity contribution in [3.8, 4) is 0 Å². The lowest BCUT2D eigenvalue weighted by atomic mass is 10.1. The summed E-state index contributed by atoms with van der Waals surface area (Å²) in [5.41, 5.74) is 5.61. The molecule has 0 saturated carbocycles. The lowest BCUT2D eigenvalue weighted by molar-refractivity contribution is -0.122. The molecule has 1 aliphatic heterocycles.